The van der Waals surface area contributed by atoms with Gasteiger partial charge in [0.15, 0.2) is 0 Å². The summed E-state index contributed by atoms with van der Waals surface area (Å²) < 4.78 is 10.7. The van der Waals surface area contributed by atoms with E-state index in [4.69, 9.17) is 9.15 Å². The van der Waals surface area contributed by atoms with Crippen molar-refractivity contribution in [2.75, 3.05) is 33.3 Å². The number of nitrogens with zero attached hydrogens (tertiary/aromatic N) is 2. The Morgan fingerprint density at radius 3 is 3.05 bits per heavy atom. The lowest BCUT2D eigenvalue weighted by Crippen LogP contribution is -2.49. The first-order valence-electron chi connectivity index (χ1n) is 7.58. The number of morpholine rings is 1. The maximum absolute atomic E-state index is 12.4. The molecule has 1 aliphatic heterocycles. The van der Waals surface area contributed by atoms with Gasteiger partial charge in [-0.15, -0.1) is 0 Å². The van der Waals surface area contributed by atoms with Crippen LogP contribution in [0.5, 0.6) is 0 Å². The minimum Gasteiger partial charge on any atom is -0.472 e. The molecule has 2 amide bonds. The van der Waals surface area contributed by atoms with E-state index < -0.39 is 0 Å². The first kappa shape index (κ1) is 14.4. The quantitative estimate of drug-likeness (QED) is 0.888. The van der Waals surface area contributed by atoms with Crippen LogP contribution in [0.1, 0.15) is 18.4 Å². The minimum atomic E-state index is -0.00414. The Labute approximate surface area is 125 Å². The zero-order chi connectivity index (χ0) is 14.7. The molecule has 0 radical (unpaired) electrons. The molecule has 0 bridgehead atoms. The lowest BCUT2D eigenvalue weighted by molar-refractivity contribution is -0.0173. The van der Waals surface area contributed by atoms with Crippen LogP contribution in [0.3, 0.4) is 0 Å². The van der Waals surface area contributed by atoms with Crippen LogP contribution in [0.15, 0.2) is 23.0 Å². The van der Waals surface area contributed by atoms with E-state index in [1.165, 1.54) is 0 Å². The number of furan rings is 1. The summed E-state index contributed by atoms with van der Waals surface area (Å²) in [6.07, 6.45) is 5.61. The summed E-state index contributed by atoms with van der Waals surface area (Å²) >= 11 is 0. The number of amides is 2. The second-order valence-electron chi connectivity index (χ2n) is 5.93. The molecule has 1 saturated heterocycles. The molecular formula is C15H23N3O3. The molecule has 6 heteroatoms. The molecule has 116 valence electrons. The number of carbonyl (C=O) groups excluding carboxylic acids is 1. The third-order valence-corrected chi connectivity index (χ3v) is 4.00. The molecule has 0 spiro atoms. The first-order valence-corrected chi connectivity index (χ1v) is 7.58. The Morgan fingerprint density at radius 2 is 2.38 bits per heavy atom. The molecule has 3 rings (SSSR count). The molecule has 2 aliphatic rings. The van der Waals surface area contributed by atoms with Crippen molar-refractivity contribution in [2.24, 2.45) is 0 Å². The molecule has 1 aliphatic carbocycles. The van der Waals surface area contributed by atoms with Crippen molar-refractivity contribution >= 4 is 6.03 Å². The van der Waals surface area contributed by atoms with E-state index in [2.05, 4.69) is 17.3 Å². The van der Waals surface area contributed by atoms with Crippen LogP contribution in [-0.2, 0) is 11.3 Å². The van der Waals surface area contributed by atoms with Crippen molar-refractivity contribution in [3.8, 4) is 0 Å². The minimum absolute atomic E-state index is 0.00414. The van der Waals surface area contributed by atoms with Crippen molar-refractivity contribution in [1.29, 1.82) is 0 Å². The zero-order valence-electron chi connectivity index (χ0n) is 12.5. The summed E-state index contributed by atoms with van der Waals surface area (Å²) in [5, 5.41) is 3.01. The van der Waals surface area contributed by atoms with Crippen LogP contribution >= 0.6 is 0 Å². The van der Waals surface area contributed by atoms with Crippen molar-refractivity contribution < 1.29 is 13.9 Å². The summed E-state index contributed by atoms with van der Waals surface area (Å²) in [7, 11) is 2.08. The number of urea groups is 1. The second-order valence-corrected chi connectivity index (χ2v) is 5.93. The molecule has 1 aromatic heterocycles. The largest absolute Gasteiger partial charge is 0.472 e. The van der Waals surface area contributed by atoms with Gasteiger partial charge in [0.25, 0.3) is 0 Å². The molecule has 0 aromatic carbocycles. The van der Waals surface area contributed by atoms with Crippen LogP contribution in [0.25, 0.3) is 0 Å². The fourth-order valence-corrected chi connectivity index (χ4v) is 2.63. The normalized spacial score (nSPS) is 23.0. The van der Waals surface area contributed by atoms with Crippen molar-refractivity contribution in [3.63, 3.8) is 0 Å². The Morgan fingerprint density at radius 1 is 1.52 bits per heavy atom. The maximum Gasteiger partial charge on any atom is 0.318 e. The van der Waals surface area contributed by atoms with Gasteiger partial charge in [-0.25, -0.2) is 4.79 Å². The van der Waals surface area contributed by atoms with Gasteiger partial charge in [0.2, 0.25) is 0 Å². The van der Waals surface area contributed by atoms with Crippen molar-refractivity contribution in [1.82, 2.24) is 15.1 Å². The summed E-state index contributed by atoms with van der Waals surface area (Å²) in [5.41, 5.74) is 1.03. The number of carbonyl (C=O) groups is 1. The Bertz CT molecular complexity index is 459. The molecule has 2 fully saturated rings. The van der Waals surface area contributed by atoms with E-state index in [9.17, 15) is 4.79 Å². The fourth-order valence-electron chi connectivity index (χ4n) is 2.63. The van der Waals surface area contributed by atoms with Gasteiger partial charge in [0.05, 0.1) is 31.8 Å². The van der Waals surface area contributed by atoms with Crippen LogP contribution in [0.4, 0.5) is 4.79 Å². The predicted molar refractivity (Wildman–Crippen MR) is 77.9 cm³/mol. The topological polar surface area (TPSA) is 58.0 Å². The van der Waals surface area contributed by atoms with Gasteiger partial charge in [0, 0.05) is 31.2 Å². The molecule has 1 aromatic rings. The van der Waals surface area contributed by atoms with Crippen LogP contribution in [0.2, 0.25) is 0 Å². The van der Waals surface area contributed by atoms with Gasteiger partial charge in [-0.05, 0) is 26.0 Å². The van der Waals surface area contributed by atoms with Gasteiger partial charge in [-0.1, -0.05) is 0 Å². The predicted octanol–water partition coefficient (Wildman–Crippen LogP) is 1.28. The number of nitrogens with one attached hydrogen (secondary N) is 1. The molecule has 2 heterocycles. The van der Waals surface area contributed by atoms with Crippen LogP contribution in [0, 0.1) is 0 Å². The second kappa shape index (κ2) is 6.49. The number of likely N-dealkylation sites (N-methyl/N-ethyl adjacent to an activating group) is 1. The van der Waals surface area contributed by atoms with Gasteiger partial charge in [-0.3, -0.25) is 0 Å². The van der Waals surface area contributed by atoms with Crippen LogP contribution in [-0.4, -0.2) is 61.3 Å². The average Bonchev–Trinajstić information content (AvgIpc) is 3.19. The zero-order valence-corrected chi connectivity index (χ0v) is 12.5. The highest BCUT2D eigenvalue weighted by Crippen LogP contribution is 2.28. The summed E-state index contributed by atoms with van der Waals surface area (Å²) in [5.74, 6) is 0. The monoisotopic (exact) mass is 293 g/mol. The number of ether oxygens (including phenoxy) is 1. The Balaban J connectivity index is 1.50. The highest BCUT2D eigenvalue weighted by molar-refractivity contribution is 5.75. The Kier molecular flexibility index (Phi) is 4.45. The summed E-state index contributed by atoms with van der Waals surface area (Å²) in [6, 6.07) is 2.27. The molecule has 21 heavy (non-hydrogen) atoms. The SMILES string of the molecule is CN1CCOC(CNC(=O)N(Cc2ccoc2)C2CC2)C1. The van der Waals surface area contributed by atoms with Gasteiger partial charge >= 0.3 is 6.03 Å². The Hall–Kier alpha value is -1.53. The van der Waals surface area contributed by atoms with E-state index in [0.717, 1.165) is 38.1 Å². The van der Waals surface area contributed by atoms with Crippen LogP contribution < -0.4 is 5.32 Å². The smallest absolute Gasteiger partial charge is 0.318 e. The third-order valence-electron chi connectivity index (χ3n) is 4.00. The average molecular weight is 293 g/mol. The highest BCUT2D eigenvalue weighted by atomic mass is 16.5. The molecule has 6 nitrogen and oxygen atoms in total. The molecule has 1 atom stereocenters. The standard InChI is InChI=1S/C15H23N3O3/c1-17-5-7-21-14(10-17)8-16-15(19)18(13-2-3-13)9-12-4-6-20-11-12/h4,6,11,13-14H,2-3,5,7-10H2,1H3,(H,16,19). The van der Waals surface area contributed by atoms with E-state index in [1.807, 2.05) is 11.0 Å². The number of hydrogen-bond donors (Lipinski definition) is 1. The highest BCUT2D eigenvalue weighted by Gasteiger charge is 2.33. The lowest BCUT2D eigenvalue weighted by Gasteiger charge is -2.31. The molecule has 1 unspecified atom stereocenters. The maximum atomic E-state index is 12.4. The van der Waals surface area contributed by atoms with Gasteiger partial charge < -0.3 is 24.3 Å². The van der Waals surface area contributed by atoms with Gasteiger partial charge in [0.1, 0.15) is 0 Å². The molecular weight excluding hydrogens is 270 g/mol. The van der Waals surface area contributed by atoms with E-state index >= 15 is 0 Å². The lowest BCUT2D eigenvalue weighted by atomic mass is 10.3. The van der Waals surface area contributed by atoms with E-state index in [-0.39, 0.29) is 12.1 Å². The van der Waals surface area contributed by atoms with Crippen molar-refractivity contribution in [3.05, 3.63) is 24.2 Å². The molecule has 1 saturated carbocycles. The number of rotatable bonds is 5. The van der Waals surface area contributed by atoms with Crippen molar-refractivity contribution in [2.45, 2.75) is 31.5 Å². The third kappa shape index (κ3) is 3.98. The number of hydrogen-bond acceptors (Lipinski definition) is 4. The molecule has 1 N–H and O–H groups in total. The summed E-state index contributed by atoms with van der Waals surface area (Å²) in [6.45, 7) is 3.74. The van der Waals surface area contributed by atoms with E-state index in [0.29, 0.717) is 19.1 Å². The summed E-state index contributed by atoms with van der Waals surface area (Å²) in [4.78, 5) is 16.5. The first-order chi connectivity index (χ1) is 10.2. The van der Waals surface area contributed by atoms with E-state index in [1.54, 1.807) is 12.5 Å². The fraction of sp³-hybridized carbons (Fsp3) is 0.667. The van der Waals surface area contributed by atoms with Gasteiger partial charge in [-0.2, -0.15) is 0 Å².